The first-order valence-electron chi connectivity index (χ1n) is 5.42. The molecule has 1 rings (SSSR count). The van der Waals surface area contributed by atoms with Crippen molar-refractivity contribution in [2.45, 2.75) is 34.3 Å². The zero-order valence-electron chi connectivity index (χ0n) is 10.7. The van der Waals surface area contributed by atoms with Crippen molar-refractivity contribution in [3.8, 4) is 0 Å². The number of hydrogen-bond acceptors (Lipinski definition) is 4. The molecule has 1 N–H and O–H groups in total. The van der Waals surface area contributed by atoms with Gasteiger partial charge in [0.05, 0.1) is 25.0 Å². The lowest BCUT2D eigenvalue weighted by atomic mass is 10.2. The standard InChI is InChI=1S/C8H9NO3.2C2H6/c1-12-8(11)6-2-3-7(5-10)9-4-6;2*1-2/h2-4,10H,5H2,1H3;2*1-2H3. The Labute approximate surface area is 97.3 Å². The van der Waals surface area contributed by atoms with E-state index in [0.717, 1.165) is 0 Å². The molecule has 0 aliphatic carbocycles. The number of rotatable bonds is 2. The minimum Gasteiger partial charge on any atom is -0.465 e. The Morgan fingerprint density at radius 2 is 1.88 bits per heavy atom. The second-order valence-electron chi connectivity index (χ2n) is 2.19. The number of aliphatic hydroxyl groups excluding tert-OH is 1. The van der Waals surface area contributed by atoms with E-state index >= 15 is 0 Å². The van der Waals surface area contributed by atoms with Crippen LogP contribution in [-0.2, 0) is 11.3 Å². The minimum atomic E-state index is -0.424. The number of pyridine rings is 1. The van der Waals surface area contributed by atoms with E-state index in [1.807, 2.05) is 27.7 Å². The summed E-state index contributed by atoms with van der Waals surface area (Å²) in [6.45, 7) is 7.88. The summed E-state index contributed by atoms with van der Waals surface area (Å²) in [4.78, 5) is 14.7. The van der Waals surface area contributed by atoms with Crippen molar-refractivity contribution < 1.29 is 14.6 Å². The van der Waals surface area contributed by atoms with Gasteiger partial charge in [-0.2, -0.15) is 0 Å². The van der Waals surface area contributed by atoms with Gasteiger partial charge in [0.25, 0.3) is 0 Å². The Morgan fingerprint density at radius 1 is 1.31 bits per heavy atom. The molecule has 0 saturated heterocycles. The zero-order valence-corrected chi connectivity index (χ0v) is 10.7. The third kappa shape index (κ3) is 6.14. The topological polar surface area (TPSA) is 59.4 Å². The van der Waals surface area contributed by atoms with E-state index in [-0.39, 0.29) is 6.61 Å². The van der Waals surface area contributed by atoms with E-state index in [4.69, 9.17) is 5.11 Å². The van der Waals surface area contributed by atoms with Gasteiger partial charge in [-0.3, -0.25) is 4.98 Å². The molecule has 1 aromatic heterocycles. The molecule has 0 unspecified atom stereocenters. The van der Waals surface area contributed by atoms with Crippen molar-refractivity contribution in [2.24, 2.45) is 0 Å². The van der Waals surface area contributed by atoms with Crippen molar-refractivity contribution >= 4 is 5.97 Å². The fourth-order valence-electron chi connectivity index (χ4n) is 0.757. The monoisotopic (exact) mass is 227 g/mol. The summed E-state index contributed by atoms with van der Waals surface area (Å²) in [5.74, 6) is -0.424. The first-order valence-corrected chi connectivity index (χ1v) is 5.42. The molecule has 4 heteroatoms. The number of methoxy groups -OCH3 is 1. The molecule has 0 saturated carbocycles. The van der Waals surface area contributed by atoms with Crippen LogP contribution in [-0.4, -0.2) is 23.2 Å². The second-order valence-corrected chi connectivity index (χ2v) is 2.19. The van der Waals surface area contributed by atoms with E-state index in [1.54, 1.807) is 12.1 Å². The number of aliphatic hydroxyl groups is 1. The average molecular weight is 227 g/mol. The number of carbonyl (C=O) groups is 1. The quantitative estimate of drug-likeness (QED) is 0.788. The molecule has 16 heavy (non-hydrogen) atoms. The van der Waals surface area contributed by atoms with Gasteiger partial charge in [0, 0.05) is 6.20 Å². The van der Waals surface area contributed by atoms with Crippen LogP contribution in [0.1, 0.15) is 43.7 Å². The first kappa shape index (κ1) is 17.0. The maximum atomic E-state index is 10.9. The summed E-state index contributed by atoms with van der Waals surface area (Å²) in [5, 5.41) is 8.65. The van der Waals surface area contributed by atoms with Gasteiger partial charge in [-0.15, -0.1) is 0 Å². The molecule has 0 spiro atoms. The van der Waals surface area contributed by atoms with Crippen LogP contribution in [0.5, 0.6) is 0 Å². The number of hydrogen-bond donors (Lipinski definition) is 1. The van der Waals surface area contributed by atoms with E-state index in [9.17, 15) is 4.79 Å². The summed E-state index contributed by atoms with van der Waals surface area (Å²) in [5.41, 5.74) is 0.914. The van der Waals surface area contributed by atoms with Crippen LogP contribution in [0.25, 0.3) is 0 Å². The largest absolute Gasteiger partial charge is 0.465 e. The summed E-state index contributed by atoms with van der Waals surface area (Å²) < 4.78 is 4.47. The van der Waals surface area contributed by atoms with E-state index in [1.165, 1.54) is 13.3 Å². The zero-order chi connectivity index (χ0) is 13.0. The predicted octanol–water partition coefficient (Wildman–Crippen LogP) is 2.41. The maximum absolute atomic E-state index is 10.9. The average Bonchev–Trinajstić information content (AvgIpc) is 2.42. The summed E-state index contributed by atoms with van der Waals surface area (Å²) in [6.07, 6.45) is 1.37. The molecule has 0 aliphatic rings. The van der Waals surface area contributed by atoms with Gasteiger partial charge in [0.15, 0.2) is 0 Å². The molecule has 0 atom stereocenters. The molecular weight excluding hydrogens is 206 g/mol. The molecule has 4 nitrogen and oxygen atoms in total. The molecule has 1 heterocycles. The smallest absolute Gasteiger partial charge is 0.339 e. The van der Waals surface area contributed by atoms with Crippen LogP contribution in [0, 0.1) is 0 Å². The Hall–Kier alpha value is -1.42. The van der Waals surface area contributed by atoms with Crippen LogP contribution in [0.3, 0.4) is 0 Å². The SMILES string of the molecule is CC.CC.COC(=O)c1ccc(CO)nc1. The predicted molar refractivity (Wildman–Crippen MR) is 64.2 cm³/mol. The van der Waals surface area contributed by atoms with Crippen molar-refractivity contribution in [3.05, 3.63) is 29.6 Å². The highest BCUT2D eigenvalue weighted by atomic mass is 16.5. The highest BCUT2D eigenvalue weighted by molar-refractivity contribution is 5.88. The van der Waals surface area contributed by atoms with Crippen molar-refractivity contribution in [1.29, 1.82) is 0 Å². The van der Waals surface area contributed by atoms with Crippen LogP contribution in [0.4, 0.5) is 0 Å². The third-order valence-corrected chi connectivity index (χ3v) is 1.41. The minimum absolute atomic E-state index is 0.124. The van der Waals surface area contributed by atoms with E-state index in [0.29, 0.717) is 11.3 Å². The van der Waals surface area contributed by atoms with Crippen LogP contribution in [0.15, 0.2) is 18.3 Å². The number of esters is 1. The molecule has 0 fully saturated rings. The number of nitrogens with zero attached hydrogens (tertiary/aromatic N) is 1. The van der Waals surface area contributed by atoms with Gasteiger partial charge in [0.2, 0.25) is 0 Å². The number of aromatic nitrogens is 1. The third-order valence-electron chi connectivity index (χ3n) is 1.41. The molecule has 0 aromatic carbocycles. The van der Waals surface area contributed by atoms with Gasteiger partial charge >= 0.3 is 5.97 Å². The molecular formula is C12H21NO3. The molecule has 0 amide bonds. The first-order chi connectivity index (χ1) is 7.77. The molecule has 0 aliphatic heterocycles. The van der Waals surface area contributed by atoms with Crippen molar-refractivity contribution in [1.82, 2.24) is 4.98 Å². The van der Waals surface area contributed by atoms with Crippen LogP contribution in [0.2, 0.25) is 0 Å². The highest BCUT2D eigenvalue weighted by Crippen LogP contribution is 2.01. The normalized spacial score (nSPS) is 7.88. The summed E-state index contributed by atoms with van der Waals surface area (Å²) in [6, 6.07) is 3.14. The van der Waals surface area contributed by atoms with Gasteiger partial charge < -0.3 is 9.84 Å². The Balaban J connectivity index is 0. The van der Waals surface area contributed by atoms with Gasteiger partial charge in [-0.25, -0.2) is 4.79 Å². The lowest BCUT2D eigenvalue weighted by Crippen LogP contribution is -2.02. The van der Waals surface area contributed by atoms with Crippen molar-refractivity contribution in [3.63, 3.8) is 0 Å². The van der Waals surface area contributed by atoms with Crippen LogP contribution < -0.4 is 0 Å². The number of carbonyl (C=O) groups excluding carboxylic acids is 1. The van der Waals surface area contributed by atoms with Gasteiger partial charge in [-0.1, -0.05) is 27.7 Å². The highest BCUT2D eigenvalue weighted by Gasteiger charge is 2.04. The fraction of sp³-hybridized carbons (Fsp3) is 0.500. The van der Waals surface area contributed by atoms with Crippen LogP contribution >= 0.6 is 0 Å². The summed E-state index contributed by atoms with van der Waals surface area (Å²) in [7, 11) is 1.31. The second kappa shape index (κ2) is 11.7. The molecule has 1 aromatic rings. The summed E-state index contributed by atoms with van der Waals surface area (Å²) >= 11 is 0. The molecule has 0 bridgehead atoms. The maximum Gasteiger partial charge on any atom is 0.339 e. The van der Waals surface area contributed by atoms with E-state index in [2.05, 4.69) is 9.72 Å². The van der Waals surface area contributed by atoms with E-state index < -0.39 is 5.97 Å². The fourth-order valence-corrected chi connectivity index (χ4v) is 0.757. The lowest BCUT2D eigenvalue weighted by molar-refractivity contribution is 0.0600. The van der Waals surface area contributed by atoms with Gasteiger partial charge in [-0.05, 0) is 12.1 Å². The molecule has 92 valence electrons. The van der Waals surface area contributed by atoms with Gasteiger partial charge in [0.1, 0.15) is 0 Å². The lowest BCUT2D eigenvalue weighted by Gasteiger charge is -1.98. The molecule has 0 radical (unpaired) electrons. The number of ether oxygens (including phenoxy) is 1. The Bertz CT molecular complexity index is 270. The Morgan fingerprint density at radius 3 is 2.19 bits per heavy atom. The Kier molecular flexibility index (Phi) is 12.4. The van der Waals surface area contributed by atoms with Crippen molar-refractivity contribution in [2.75, 3.05) is 7.11 Å².